The van der Waals surface area contributed by atoms with Crippen LogP contribution in [0.1, 0.15) is 10.9 Å². The Bertz CT molecular complexity index is 671. The number of nitrogens with zero attached hydrogens (tertiary/aromatic N) is 1. The molecule has 1 saturated heterocycles. The molecule has 7 nitrogen and oxygen atoms in total. The minimum absolute atomic E-state index is 0.0836. The summed E-state index contributed by atoms with van der Waals surface area (Å²) >= 11 is 1.76. The Balaban J connectivity index is 1.74. The fourth-order valence-corrected chi connectivity index (χ4v) is 4.09. The summed E-state index contributed by atoms with van der Waals surface area (Å²) < 4.78 is 0. The quantitative estimate of drug-likeness (QED) is 0.464. The molecule has 1 aliphatic heterocycles. The molecule has 1 aliphatic rings. The van der Waals surface area contributed by atoms with E-state index in [1.54, 1.807) is 33.4 Å². The van der Waals surface area contributed by atoms with Crippen LogP contribution in [0.2, 0.25) is 0 Å². The van der Waals surface area contributed by atoms with Crippen LogP contribution < -0.4 is 20.1 Å². The Kier molecular flexibility index (Phi) is 5.39. The van der Waals surface area contributed by atoms with Gasteiger partial charge in [-0.05, 0) is 17.5 Å². The van der Waals surface area contributed by atoms with Gasteiger partial charge in [0.15, 0.2) is 6.04 Å². The number of nitro groups is 1. The van der Waals surface area contributed by atoms with Gasteiger partial charge >= 0.3 is 11.5 Å². The Morgan fingerprint density at radius 3 is 2.79 bits per heavy atom. The highest BCUT2D eigenvalue weighted by Crippen LogP contribution is 2.20. The third kappa shape index (κ3) is 3.89. The molecule has 4 N–H and O–H groups in total. The van der Waals surface area contributed by atoms with E-state index in [4.69, 9.17) is 0 Å². The summed E-state index contributed by atoms with van der Waals surface area (Å²) in [7, 11) is 2.23. The van der Waals surface area contributed by atoms with Gasteiger partial charge in [-0.3, -0.25) is 15.4 Å². The Morgan fingerprint density at radius 2 is 2.12 bits per heavy atom. The van der Waals surface area contributed by atoms with E-state index in [2.05, 4.69) is 34.9 Å². The molecule has 0 unspecified atom stereocenters. The summed E-state index contributed by atoms with van der Waals surface area (Å²) in [6, 6.07) is 7.72. The van der Waals surface area contributed by atoms with E-state index in [1.807, 2.05) is 0 Å². The normalized spacial score (nSPS) is 22.0. The molecule has 1 atom stereocenters. The molecule has 0 amide bonds. The van der Waals surface area contributed by atoms with Gasteiger partial charge in [0.05, 0.1) is 23.0 Å². The first-order chi connectivity index (χ1) is 11.6. The van der Waals surface area contributed by atoms with Crippen LogP contribution in [0.15, 0.2) is 35.8 Å². The first kappa shape index (κ1) is 16.8. The molecule has 0 radical (unpaired) electrons. The average Bonchev–Trinajstić information content (AvgIpc) is 3.11. The molecule has 2 aromatic heterocycles. The van der Waals surface area contributed by atoms with Crippen molar-refractivity contribution in [3.63, 3.8) is 0 Å². The van der Waals surface area contributed by atoms with Crippen LogP contribution in [-0.2, 0) is 0 Å². The van der Waals surface area contributed by atoms with Gasteiger partial charge in [0.25, 0.3) is 0 Å². The van der Waals surface area contributed by atoms with Crippen LogP contribution in [0.25, 0.3) is 0 Å². The Hall–Kier alpha value is -2.03. The zero-order valence-corrected chi connectivity index (χ0v) is 14.6. The van der Waals surface area contributed by atoms with Gasteiger partial charge in [-0.2, -0.15) is 0 Å². The van der Waals surface area contributed by atoms with Crippen LogP contribution in [0, 0.1) is 10.1 Å². The number of likely N-dealkylation sites (N-methyl/N-ethyl adjacent to an activating group) is 1. The van der Waals surface area contributed by atoms with E-state index >= 15 is 0 Å². The van der Waals surface area contributed by atoms with Crippen molar-refractivity contribution in [2.24, 2.45) is 0 Å². The van der Waals surface area contributed by atoms with Crippen molar-refractivity contribution in [2.45, 2.75) is 6.04 Å². The van der Waals surface area contributed by atoms with Crippen LogP contribution in [0.5, 0.6) is 0 Å². The molecule has 0 aromatic carbocycles. The number of pyridine rings is 1. The molecule has 2 aromatic rings. The Labute approximate surface area is 145 Å². The molecule has 0 spiro atoms. The number of hydrogen-bond donors (Lipinski definition) is 3. The maximum atomic E-state index is 11.2. The van der Waals surface area contributed by atoms with Crippen molar-refractivity contribution in [1.29, 1.82) is 0 Å². The monoisotopic (exact) mass is 350 g/mol. The number of rotatable bonds is 6. The number of nitrogens with one attached hydrogen (secondary N) is 4. The molecule has 128 valence electrons. The molecule has 3 rings (SSSR count). The number of piperazine rings is 1. The summed E-state index contributed by atoms with van der Waals surface area (Å²) in [5.41, 5.74) is 0.0836. The second-order valence-electron chi connectivity index (χ2n) is 6.25. The second kappa shape index (κ2) is 7.69. The van der Waals surface area contributed by atoms with Crippen molar-refractivity contribution in [3.05, 3.63) is 50.8 Å². The lowest BCUT2D eigenvalue weighted by Crippen LogP contribution is -3.27. The third-order valence-corrected chi connectivity index (χ3v) is 5.62. The van der Waals surface area contributed by atoms with E-state index < -0.39 is 0 Å². The highest BCUT2D eigenvalue weighted by molar-refractivity contribution is 7.10. The smallest absolute Gasteiger partial charge is 0.328 e. The lowest BCUT2D eigenvalue weighted by Gasteiger charge is -2.32. The SMILES string of the molecule is C[NH+]1CC[NH+]([C@H](CNc2[nH+]cccc2[N+](=O)[O-])c2cccs2)CC1. The van der Waals surface area contributed by atoms with Gasteiger partial charge in [-0.15, -0.1) is 11.3 Å². The summed E-state index contributed by atoms with van der Waals surface area (Å²) in [5, 5.41) is 16.5. The molecule has 0 bridgehead atoms. The van der Waals surface area contributed by atoms with Crippen LogP contribution in [-0.4, -0.2) is 44.7 Å². The maximum Gasteiger partial charge on any atom is 0.357 e. The topological polar surface area (TPSA) is 78.2 Å². The van der Waals surface area contributed by atoms with E-state index in [0.29, 0.717) is 18.4 Å². The minimum Gasteiger partial charge on any atom is -0.328 e. The van der Waals surface area contributed by atoms with Crippen molar-refractivity contribution in [3.8, 4) is 0 Å². The van der Waals surface area contributed by atoms with Crippen molar-refractivity contribution in [2.75, 3.05) is 45.1 Å². The number of anilines is 1. The molecular formula is C16H24N5O2S+3. The number of hydrogen-bond acceptors (Lipinski definition) is 4. The van der Waals surface area contributed by atoms with Gasteiger partial charge in [0, 0.05) is 6.07 Å². The standard InChI is InChI=1S/C16H21N5O2S/c1-19-7-9-20(10-8-19)14(15-5-3-11-24-15)12-18-16-13(21(22)23)4-2-6-17-16/h2-6,11,14H,7-10,12H2,1H3,(H,17,18)/p+3/t14-/m1/s1. The predicted octanol–water partition coefficient (Wildman–Crippen LogP) is -0.963. The van der Waals surface area contributed by atoms with Crippen LogP contribution >= 0.6 is 11.3 Å². The van der Waals surface area contributed by atoms with Gasteiger partial charge in [-0.1, -0.05) is 6.07 Å². The number of thiophene rings is 1. The molecule has 24 heavy (non-hydrogen) atoms. The number of aromatic nitrogens is 1. The van der Waals surface area contributed by atoms with E-state index in [0.717, 1.165) is 26.2 Å². The van der Waals surface area contributed by atoms with Crippen molar-refractivity contribution < 1.29 is 19.7 Å². The lowest BCUT2D eigenvalue weighted by atomic mass is 10.1. The average molecular weight is 350 g/mol. The molecule has 3 heterocycles. The van der Waals surface area contributed by atoms with Gasteiger partial charge in [0.2, 0.25) is 0 Å². The second-order valence-corrected chi connectivity index (χ2v) is 7.23. The number of H-pyrrole nitrogens is 1. The Morgan fingerprint density at radius 1 is 1.33 bits per heavy atom. The highest BCUT2D eigenvalue weighted by atomic mass is 32.1. The third-order valence-electron chi connectivity index (χ3n) is 4.64. The zero-order chi connectivity index (χ0) is 16.9. The van der Waals surface area contributed by atoms with Gasteiger partial charge < -0.3 is 9.80 Å². The molecule has 8 heteroatoms. The summed E-state index contributed by atoms with van der Waals surface area (Å²) in [6.07, 6.45) is 1.71. The largest absolute Gasteiger partial charge is 0.357 e. The lowest BCUT2D eigenvalue weighted by molar-refractivity contribution is -1.02. The van der Waals surface area contributed by atoms with E-state index in [1.165, 1.54) is 10.9 Å². The van der Waals surface area contributed by atoms with E-state index in [-0.39, 0.29) is 10.6 Å². The van der Waals surface area contributed by atoms with Gasteiger partial charge in [-0.25, -0.2) is 4.98 Å². The zero-order valence-electron chi connectivity index (χ0n) is 13.7. The fraction of sp³-hybridized carbons (Fsp3) is 0.438. The summed E-state index contributed by atoms with van der Waals surface area (Å²) in [4.78, 5) is 18.2. The number of quaternary nitrogens is 2. The summed E-state index contributed by atoms with van der Waals surface area (Å²) in [5.74, 6) is 0.475. The van der Waals surface area contributed by atoms with Gasteiger partial charge in [0.1, 0.15) is 32.7 Å². The minimum atomic E-state index is -0.356. The highest BCUT2D eigenvalue weighted by Gasteiger charge is 2.32. The van der Waals surface area contributed by atoms with Crippen LogP contribution in [0.3, 0.4) is 0 Å². The molecule has 1 fully saturated rings. The maximum absolute atomic E-state index is 11.2. The predicted molar refractivity (Wildman–Crippen MR) is 92.5 cm³/mol. The van der Waals surface area contributed by atoms with Crippen molar-refractivity contribution in [1.82, 2.24) is 0 Å². The van der Waals surface area contributed by atoms with Crippen LogP contribution in [0.4, 0.5) is 11.5 Å². The first-order valence-electron chi connectivity index (χ1n) is 8.23. The molecule has 0 aliphatic carbocycles. The van der Waals surface area contributed by atoms with E-state index in [9.17, 15) is 10.1 Å². The summed E-state index contributed by atoms with van der Waals surface area (Å²) in [6.45, 7) is 5.24. The van der Waals surface area contributed by atoms with Crippen molar-refractivity contribution >= 4 is 22.8 Å². The fourth-order valence-electron chi connectivity index (χ4n) is 3.21. The number of aromatic amines is 1. The molecule has 0 saturated carbocycles. The molecular weight excluding hydrogens is 326 g/mol. The first-order valence-corrected chi connectivity index (χ1v) is 9.11.